The van der Waals surface area contributed by atoms with Gasteiger partial charge in [0.25, 0.3) is 5.91 Å². The fraction of sp³-hybridized carbons (Fsp3) is 0.273. The fourth-order valence-electron chi connectivity index (χ4n) is 4.08. The number of oxime groups is 1. The topological polar surface area (TPSA) is 192 Å². The first-order valence-corrected chi connectivity index (χ1v) is 13.6. The molecule has 5 N–H and O–H groups in total. The monoisotopic (exact) mass is 599 g/mol. The number of carbonyl (C=O) groups is 2. The molecule has 0 radical (unpaired) electrons. The molecule has 4 heterocycles. The zero-order valence-electron chi connectivity index (χ0n) is 20.4. The fourth-order valence-corrected chi connectivity index (χ4v) is 6.97. The maximum atomic E-state index is 13.0. The van der Waals surface area contributed by atoms with Gasteiger partial charge in [0, 0.05) is 21.9 Å². The molecule has 39 heavy (non-hydrogen) atoms. The number of aliphatic imine (C=N–C) groups is 1. The van der Waals surface area contributed by atoms with Crippen molar-refractivity contribution in [1.82, 2.24) is 14.9 Å². The molecule has 2 aliphatic heterocycles. The molecule has 0 bridgehead atoms. The molecule has 1 amide bonds. The number of benzene rings is 1. The Morgan fingerprint density at radius 1 is 1.36 bits per heavy atom. The van der Waals surface area contributed by atoms with Crippen LogP contribution < -0.4 is 46.1 Å². The van der Waals surface area contributed by atoms with E-state index >= 15 is 0 Å². The summed E-state index contributed by atoms with van der Waals surface area (Å²) in [6.07, 6.45) is 0.737. The molecular formula is C22H19FN7NaO5S3. The number of amides is 1. The van der Waals surface area contributed by atoms with Crippen molar-refractivity contribution >= 4 is 79.0 Å². The molecule has 1 fully saturated rings. The van der Waals surface area contributed by atoms with E-state index in [1.54, 1.807) is 18.2 Å². The maximum absolute atomic E-state index is 13.0. The molecular weight excluding hydrogens is 580 g/mol. The summed E-state index contributed by atoms with van der Waals surface area (Å²) < 4.78 is 13.9. The number of β-lactam (4-membered cyclic amide) rings is 1. The van der Waals surface area contributed by atoms with Gasteiger partial charge in [-0.25, -0.2) is 19.2 Å². The molecule has 17 heteroatoms. The summed E-state index contributed by atoms with van der Waals surface area (Å²) in [6, 6.07) is 3.60. The Bertz CT molecular complexity index is 1520. The third-order valence-electron chi connectivity index (χ3n) is 5.71. The van der Waals surface area contributed by atoms with Gasteiger partial charge in [-0.15, -0.1) is 22.7 Å². The number of carbonyl (C=O) groups excluding carboxylic acids is 1. The Morgan fingerprint density at radius 3 is 2.85 bits per heavy atom. The smallest absolute Gasteiger partial charge is 0.857 e. The van der Waals surface area contributed by atoms with Crippen molar-refractivity contribution in [3.8, 4) is 0 Å². The number of anilines is 2. The molecule has 2 aliphatic rings. The molecule has 12 nitrogen and oxygen atoms in total. The number of nitrogen functional groups attached to an aromatic ring is 2. The van der Waals surface area contributed by atoms with Gasteiger partial charge in [0.15, 0.2) is 9.47 Å². The molecule has 3 aromatic rings. The summed E-state index contributed by atoms with van der Waals surface area (Å²) in [6.45, 7) is -1.21. The Kier molecular flexibility index (Phi) is 9.13. The van der Waals surface area contributed by atoms with Crippen molar-refractivity contribution in [2.45, 2.75) is 29.3 Å². The molecule has 1 aromatic carbocycles. The minimum atomic E-state index is -1.26. The van der Waals surface area contributed by atoms with Gasteiger partial charge >= 0.3 is 35.5 Å². The molecule has 2 atom stereocenters. The quantitative estimate of drug-likeness (QED) is 0.0514. The molecule has 0 saturated carbocycles. The van der Waals surface area contributed by atoms with E-state index in [4.69, 9.17) is 16.3 Å². The number of halogens is 1. The maximum Gasteiger partial charge on any atom is 1.00 e. The van der Waals surface area contributed by atoms with Gasteiger partial charge in [-0.05, 0) is 31.0 Å². The van der Waals surface area contributed by atoms with Gasteiger partial charge in [-0.2, -0.15) is 0 Å². The minimum Gasteiger partial charge on any atom is -0.857 e. The van der Waals surface area contributed by atoms with Crippen LogP contribution in [0.1, 0.15) is 18.5 Å². The van der Waals surface area contributed by atoms with Crippen molar-refractivity contribution < 1.29 is 58.6 Å². The molecule has 1 saturated heterocycles. The molecule has 2 aromatic heterocycles. The Morgan fingerprint density at radius 2 is 2.15 bits per heavy atom. The van der Waals surface area contributed by atoms with E-state index in [1.807, 2.05) is 0 Å². The van der Waals surface area contributed by atoms with Crippen LogP contribution in [-0.2, 0) is 14.4 Å². The van der Waals surface area contributed by atoms with Crippen molar-refractivity contribution in [3.63, 3.8) is 0 Å². The zero-order valence-corrected chi connectivity index (χ0v) is 24.8. The predicted octanol–water partition coefficient (Wildman–Crippen LogP) is -1.17. The summed E-state index contributed by atoms with van der Waals surface area (Å²) in [5, 5.41) is 28.2. The molecule has 5 rings (SSSR count). The number of hydrogen-bond acceptors (Lipinski definition) is 13. The van der Waals surface area contributed by atoms with Crippen LogP contribution in [0.15, 0.2) is 48.7 Å². The number of thiazole rings is 2. The second-order valence-corrected chi connectivity index (χ2v) is 11.4. The number of hydrogen-bond donors (Lipinski definition) is 3. The third kappa shape index (κ3) is 5.90. The number of nitrogens with zero attached hydrogens (tertiary/aromatic N) is 5. The Hall–Kier alpha value is -2.76. The minimum absolute atomic E-state index is 0. The number of thioether (sulfide) groups is 1. The molecule has 0 aliphatic carbocycles. The number of carboxylic acid groups (broad SMARTS) is 1. The number of allylic oxidation sites excluding steroid dienone is 1. The first-order chi connectivity index (χ1) is 18.3. The molecule has 0 unspecified atom stereocenters. The van der Waals surface area contributed by atoms with Gasteiger partial charge in [-0.3, -0.25) is 14.7 Å². The molecule has 198 valence electrons. The standard InChI is InChI=1S/C22H20FN7O5S3.Na/c23-5-6-35-29-15(11-8-36-21(25)26-11)18(31)28-16-12-3-4-13(17(20(33)34)30(12)19(16)32)37-22-27-10-2-1-9(24)7-14(10)38-22;/h1-2,7-8,12,16H,3-6,24H2,(H2,25,26)(H,28,31)(H,33,34);/q;+1/p-1/b29-15+;/t12-,16+;/m1./s1. The van der Waals surface area contributed by atoms with Crippen molar-refractivity contribution in [1.29, 1.82) is 0 Å². The average Bonchev–Trinajstić information content (AvgIpc) is 3.49. The van der Waals surface area contributed by atoms with E-state index in [0.29, 0.717) is 27.8 Å². The van der Waals surface area contributed by atoms with Gasteiger partial charge in [0.05, 0.1) is 16.3 Å². The summed E-state index contributed by atoms with van der Waals surface area (Å²) in [4.78, 5) is 44.2. The number of nitrogens with two attached hydrogens (primary N) is 2. The van der Waals surface area contributed by atoms with E-state index in [1.165, 1.54) is 28.5 Å². The van der Waals surface area contributed by atoms with Crippen LogP contribution in [0.2, 0.25) is 0 Å². The van der Waals surface area contributed by atoms with Crippen LogP contribution in [0.25, 0.3) is 10.2 Å². The Labute approximate surface area is 254 Å². The number of carboxylic acids is 1. The van der Waals surface area contributed by atoms with E-state index in [9.17, 15) is 24.2 Å². The second kappa shape index (κ2) is 12.2. The second-order valence-electron chi connectivity index (χ2n) is 8.11. The van der Waals surface area contributed by atoms with E-state index in [-0.39, 0.29) is 58.4 Å². The number of fused-ring (bicyclic) bond motifs is 2. The van der Waals surface area contributed by atoms with Gasteiger partial charge < -0.3 is 26.5 Å². The Balaban J connectivity index is 0.00000353. The van der Waals surface area contributed by atoms with Crippen LogP contribution in [0.3, 0.4) is 0 Å². The average molecular weight is 600 g/mol. The van der Waals surface area contributed by atoms with Gasteiger partial charge in [0.1, 0.15) is 36.4 Å². The summed E-state index contributed by atoms with van der Waals surface area (Å²) in [7, 11) is 0. The normalized spacial score (nSPS) is 19.5. The summed E-state index contributed by atoms with van der Waals surface area (Å²) >= 11 is 3.62. The summed E-state index contributed by atoms with van der Waals surface area (Å²) in [5.41, 5.74) is 12.4. The van der Waals surface area contributed by atoms with Crippen LogP contribution in [0.4, 0.5) is 15.2 Å². The number of alkyl halides is 1. The molecule has 0 spiro atoms. The van der Waals surface area contributed by atoms with Crippen LogP contribution in [0.5, 0.6) is 0 Å². The number of aromatic nitrogens is 2. The zero-order chi connectivity index (χ0) is 27.0. The first kappa shape index (κ1) is 29.2. The first-order valence-electron chi connectivity index (χ1n) is 11.1. The summed E-state index contributed by atoms with van der Waals surface area (Å²) in [5.74, 6) is -2.79. The van der Waals surface area contributed by atoms with E-state index in [2.05, 4.69) is 20.1 Å². The number of rotatable bonds is 9. The predicted molar refractivity (Wildman–Crippen MR) is 141 cm³/mol. The van der Waals surface area contributed by atoms with Crippen LogP contribution in [-0.4, -0.2) is 68.8 Å². The van der Waals surface area contributed by atoms with Crippen molar-refractivity contribution in [2.24, 2.45) is 10.1 Å². The van der Waals surface area contributed by atoms with E-state index < -0.39 is 36.5 Å². The third-order valence-corrected chi connectivity index (χ3v) is 8.61. The number of aliphatic carboxylic acids is 1. The van der Waals surface area contributed by atoms with Crippen LogP contribution >= 0.6 is 34.4 Å². The van der Waals surface area contributed by atoms with Crippen molar-refractivity contribution in [2.75, 3.05) is 24.7 Å². The van der Waals surface area contributed by atoms with Gasteiger partial charge in [0.2, 0.25) is 0 Å². The SMILES string of the molecule is Nc1ccc2nc(SC3=C(C(=O)O)N4C(=O)[C@@H](N=C([O-])/C(=N/OCCF)c5csc(N)n5)[C@H]4CC3)sc2c1.[Na+]. The van der Waals surface area contributed by atoms with E-state index in [0.717, 1.165) is 26.5 Å². The van der Waals surface area contributed by atoms with Crippen LogP contribution in [0, 0.1) is 0 Å². The van der Waals surface area contributed by atoms with Gasteiger partial charge in [-0.1, -0.05) is 16.9 Å². The largest absolute Gasteiger partial charge is 1.00 e. The van der Waals surface area contributed by atoms with Crippen molar-refractivity contribution in [3.05, 3.63) is 39.9 Å².